The van der Waals surface area contributed by atoms with Crippen molar-refractivity contribution in [3.05, 3.63) is 28.3 Å². The zero-order valence-electron chi connectivity index (χ0n) is 12.2. The highest BCUT2D eigenvalue weighted by Gasteiger charge is 2.29. The monoisotopic (exact) mass is 329 g/mol. The Morgan fingerprint density at radius 3 is 2.59 bits per heavy atom. The van der Waals surface area contributed by atoms with Gasteiger partial charge >= 0.3 is 0 Å². The molecule has 2 rings (SSSR count). The highest BCUT2D eigenvalue weighted by atomic mass is 32.2. The SMILES string of the molecule is C[C@H](CO)Nc1ccc(S(=O)(=O)N2CCCC2)cc1[N+](=O)[O-]. The van der Waals surface area contributed by atoms with Gasteiger partial charge in [-0.3, -0.25) is 10.1 Å². The van der Waals surface area contributed by atoms with Gasteiger partial charge in [0.25, 0.3) is 5.69 Å². The molecule has 1 aromatic carbocycles. The highest BCUT2D eigenvalue weighted by molar-refractivity contribution is 7.89. The second-order valence-corrected chi connectivity index (χ2v) is 7.21. The number of rotatable bonds is 6. The molecule has 1 aliphatic rings. The Morgan fingerprint density at radius 2 is 2.05 bits per heavy atom. The largest absolute Gasteiger partial charge is 0.394 e. The number of anilines is 1. The minimum atomic E-state index is -3.69. The Balaban J connectivity index is 2.39. The van der Waals surface area contributed by atoms with E-state index in [1.807, 2.05) is 0 Å². The van der Waals surface area contributed by atoms with Crippen LogP contribution in [0.1, 0.15) is 19.8 Å². The summed E-state index contributed by atoms with van der Waals surface area (Å²) in [6, 6.07) is 3.42. The third-order valence-electron chi connectivity index (χ3n) is 3.54. The number of nitro groups is 1. The number of sulfonamides is 1. The smallest absolute Gasteiger partial charge is 0.293 e. The Kier molecular flexibility index (Phi) is 4.99. The molecule has 0 aliphatic carbocycles. The standard InChI is InChI=1S/C13H19N3O5S/c1-10(9-17)14-12-5-4-11(8-13(12)16(18)19)22(20,21)15-6-2-3-7-15/h4-5,8,10,14,17H,2-3,6-7,9H2,1H3/t10-/m1/s1. The molecule has 2 N–H and O–H groups in total. The van der Waals surface area contributed by atoms with Crippen LogP contribution in [0.15, 0.2) is 23.1 Å². The number of hydrogen-bond acceptors (Lipinski definition) is 6. The Hall–Kier alpha value is -1.71. The lowest BCUT2D eigenvalue weighted by Gasteiger charge is -2.17. The molecule has 0 unspecified atom stereocenters. The van der Waals surface area contributed by atoms with Crippen LogP contribution in [-0.4, -0.2) is 48.5 Å². The third kappa shape index (κ3) is 3.37. The van der Waals surface area contributed by atoms with Crippen LogP contribution in [0.4, 0.5) is 11.4 Å². The van der Waals surface area contributed by atoms with Crippen LogP contribution < -0.4 is 5.32 Å². The second-order valence-electron chi connectivity index (χ2n) is 5.28. The first-order valence-electron chi connectivity index (χ1n) is 7.02. The molecule has 0 bridgehead atoms. The van der Waals surface area contributed by atoms with Gasteiger partial charge < -0.3 is 10.4 Å². The fourth-order valence-corrected chi connectivity index (χ4v) is 3.87. The number of nitrogens with zero attached hydrogens (tertiary/aromatic N) is 2. The highest BCUT2D eigenvalue weighted by Crippen LogP contribution is 2.30. The van der Waals surface area contributed by atoms with Crippen molar-refractivity contribution in [2.24, 2.45) is 0 Å². The normalized spacial score (nSPS) is 17.4. The van der Waals surface area contributed by atoms with Crippen molar-refractivity contribution in [1.82, 2.24) is 4.31 Å². The Morgan fingerprint density at radius 1 is 1.41 bits per heavy atom. The zero-order chi connectivity index (χ0) is 16.3. The molecule has 0 saturated carbocycles. The summed E-state index contributed by atoms with van der Waals surface area (Å²) in [6.45, 7) is 2.36. The molecular formula is C13H19N3O5S. The first-order valence-corrected chi connectivity index (χ1v) is 8.46. The molecule has 1 aliphatic heterocycles. The average Bonchev–Trinajstić information content (AvgIpc) is 3.02. The van der Waals surface area contributed by atoms with E-state index < -0.39 is 14.9 Å². The molecule has 1 heterocycles. The van der Waals surface area contributed by atoms with Gasteiger partial charge in [0.15, 0.2) is 0 Å². The number of hydrogen-bond donors (Lipinski definition) is 2. The van der Waals surface area contributed by atoms with Crippen molar-refractivity contribution in [3.8, 4) is 0 Å². The predicted molar refractivity (Wildman–Crippen MR) is 81.3 cm³/mol. The quantitative estimate of drug-likeness (QED) is 0.598. The van der Waals surface area contributed by atoms with Gasteiger partial charge in [-0.05, 0) is 31.9 Å². The molecule has 1 atom stereocenters. The van der Waals surface area contributed by atoms with E-state index in [1.165, 1.54) is 16.4 Å². The molecule has 0 radical (unpaired) electrons. The maximum absolute atomic E-state index is 12.4. The first-order chi connectivity index (χ1) is 10.4. The van der Waals surface area contributed by atoms with Gasteiger partial charge in [0, 0.05) is 25.2 Å². The molecule has 8 nitrogen and oxygen atoms in total. The lowest BCUT2D eigenvalue weighted by molar-refractivity contribution is -0.384. The van der Waals surface area contributed by atoms with Crippen molar-refractivity contribution in [1.29, 1.82) is 0 Å². The fourth-order valence-electron chi connectivity index (χ4n) is 2.33. The summed E-state index contributed by atoms with van der Waals surface area (Å²) < 4.78 is 26.2. The molecule has 1 saturated heterocycles. The number of benzene rings is 1. The van der Waals surface area contributed by atoms with Crippen LogP contribution in [0.2, 0.25) is 0 Å². The van der Waals surface area contributed by atoms with Crippen molar-refractivity contribution in [3.63, 3.8) is 0 Å². The van der Waals surface area contributed by atoms with Crippen LogP contribution in [0.5, 0.6) is 0 Å². The summed E-state index contributed by atoms with van der Waals surface area (Å²) in [7, 11) is -3.69. The zero-order valence-corrected chi connectivity index (χ0v) is 13.0. The summed E-state index contributed by atoms with van der Waals surface area (Å²) >= 11 is 0. The van der Waals surface area contributed by atoms with Gasteiger partial charge in [-0.25, -0.2) is 8.42 Å². The lowest BCUT2D eigenvalue weighted by Crippen LogP contribution is -2.28. The fraction of sp³-hybridized carbons (Fsp3) is 0.538. The summed E-state index contributed by atoms with van der Waals surface area (Å²) in [5, 5.41) is 23.0. The molecule has 9 heteroatoms. The molecule has 0 spiro atoms. The van der Waals surface area contributed by atoms with Crippen LogP contribution in [0.3, 0.4) is 0 Å². The van der Waals surface area contributed by atoms with Crippen molar-refractivity contribution < 1.29 is 18.4 Å². The molecule has 1 aromatic rings. The van der Waals surface area contributed by atoms with Gasteiger partial charge in [-0.2, -0.15) is 4.31 Å². The topological polar surface area (TPSA) is 113 Å². The van der Waals surface area contributed by atoms with Gasteiger partial charge in [0.2, 0.25) is 10.0 Å². The van der Waals surface area contributed by atoms with E-state index in [0.29, 0.717) is 13.1 Å². The maximum Gasteiger partial charge on any atom is 0.293 e. The second kappa shape index (κ2) is 6.59. The first kappa shape index (κ1) is 16.7. The van der Waals surface area contributed by atoms with Crippen molar-refractivity contribution in [2.75, 3.05) is 25.0 Å². The van der Waals surface area contributed by atoms with E-state index in [2.05, 4.69) is 5.32 Å². The van der Waals surface area contributed by atoms with E-state index in [0.717, 1.165) is 18.9 Å². The van der Waals surface area contributed by atoms with Gasteiger partial charge in [-0.1, -0.05) is 0 Å². The molecular weight excluding hydrogens is 310 g/mol. The molecule has 1 fully saturated rings. The van der Waals surface area contributed by atoms with E-state index in [1.54, 1.807) is 6.92 Å². The predicted octanol–water partition coefficient (Wildman–Crippen LogP) is 1.17. The average molecular weight is 329 g/mol. The minimum Gasteiger partial charge on any atom is -0.394 e. The summed E-state index contributed by atoms with van der Waals surface area (Å²) in [5.74, 6) is 0. The van der Waals surface area contributed by atoms with Crippen molar-refractivity contribution >= 4 is 21.4 Å². The van der Waals surface area contributed by atoms with Crippen LogP contribution in [-0.2, 0) is 10.0 Å². The Bertz CT molecular complexity index is 656. The molecule has 22 heavy (non-hydrogen) atoms. The van der Waals surface area contributed by atoms with E-state index in [4.69, 9.17) is 5.11 Å². The van der Waals surface area contributed by atoms with Crippen molar-refractivity contribution in [2.45, 2.75) is 30.7 Å². The summed E-state index contributed by atoms with van der Waals surface area (Å²) in [4.78, 5) is 10.5. The van der Waals surface area contributed by atoms with Crippen LogP contribution >= 0.6 is 0 Å². The molecule has 0 amide bonds. The van der Waals surface area contributed by atoms with E-state index >= 15 is 0 Å². The maximum atomic E-state index is 12.4. The Labute approximate surface area is 128 Å². The molecule has 0 aromatic heterocycles. The lowest BCUT2D eigenvalue weighted by atomic mass is 10.2. The summed E-state index contributed by atoms with van der Waals surface area (Å²) in [5.41, 5.74) is -0.132. The summed E-state index contributed by atoms with van der Waals surface area (Å²) in [6.07, 6.45) is 1.60. The molecule has 122 valence electrons. The number of aliphatic hydroxyl groups is 1. The number of nitro benzene ring substituents is 1. The minimum absolute atomic E-state index is 0.0803. The van der Waals surface area contributed by atoms with Gasteiger partial charge in [0.1, 0.15) is 5.69 Å². The van der Waals surface area contributed by atoms with Crippen LogP contribution in [0, 0.1) is 10.1 Å². The third-order valence-corrected chi connectivity index (χ3v) is 5.44. The van der Waals surface area contributed by atoms with Gasteiger partial charge in [0.05, 0.1) is 16.4 Å². The number of aliphatic hydroxyl groups excluding tert-OH is 1. The van der Waals surface area contributed by atoms with E-state index in [-0.39, 0.29) is 28.9 Å². The van der Waals surface area contributed by atoms with E-state index in [9.17, 15) is 18.5 Å². The number of nitrogens with one attached hydrogen (secondary N) is 1. The van der Waals surface area contributed by atoms with Gasteiger partial charge in [-0.15, -0.1) is 0 Å². The van der Waals surface area contributed by atoms with Crippen LogP contribution in [0.25, 0.3) is 0 Å².